The second-order valence-electron chi connectivity index (χ2n) is 4.28. The van der Waals surface area contributed by atoms with Gasteiger partial charge in [0.2, 0.25) is 0 Å². The van der Waals surface area contributed by atoms with E-state index in [0.717, 1.165) is 12.1 Å². The summed E-state index contributed by atoms with van der Waals surface area (Å²) < 4.78 is 26.1. The van der Waals surface area contributed by atoms with Gasteiger partial charge in [-0.2, -0.15) is 0 Å². The topological polar surface area (TPSA) is 45.8 Å². The molecule has 0 aliphatic carbocycles. The van der Waals surface area contributed by atoms with Crippen molar-refractivity contribution in [3.63, 3.8) is 0 Å². The Morgan fingerprint density at radius 3 is 2.56 bits per heavy atom. The van der Waals surface area contributed by atoms with E-state index in [1.165, 1.54) is 12.4 Å². The zero-order valence-corrected chi connectivity index (χ0v) is 10.00. The van der Waals surface area contributed by atoms with Crippen molar-refractivity contribution >= 4 is 0 Å². The van der Waals surface area contributed by atoms with Gasteiger partial charge in [0, 0.05) is 11.1 Å². The van der Waals surface area contributed by atoms with Gasteiger partial charge in [-0.25, -0.2) is 13.8 Å². The van der Waals surface area contributed by atoms with E-state index in [0.29, 0.717) is 16.8 Å². The van der Waals surface area contributed by atoms with Crippen LogP contribution in [0.15, 0.2) is 29.3 Å². The summed E-state index contributed by atoms with van der Waals surface area (Å²) in [7, 11) is 0. The van der Waals surface area contributed by atoms with Crippen molar-refractivity contribution in [3.8, 4) is 11.3 Å². The normalized spacial score (nSPS) is 10.9. The standard InChI is InChI=1S/C13H12F2N2O/c1-7(2)11-12(16-6-17-13(11)18)8-3-4-9(14)10(15)5-8/h3-7H,1-2H3,(H,16,17,18). The maximum atomic E-state index is 13.2. The molecule has 18 heavy (non-hydrogen) atoms. The van der Waals surface area contributed by atoms with E-state index in [2.05, 4.69) is 9.97 Å². The zero-order chi connectivity index (χ0) is 13.3. The van der Waals surface area contributed by atoms with Crippen molar-refractivity contribution in [2.75, 3.05) is 0 Å². The number of H-pyrrole nitrogens is 1. The second kappa shape index (κ2) is 4.68. The number of nitrogens with one attached hydrogen (secondary N) is 1. The van der Waals surface area contributed by atoms with Crippen LogP contribution in [0, 0.1) is 11.6 Å². The summed E-state index contributed by atoms with van der Waals surface area (Å²) in [6.07, 6.45) is 1.25. The lowest BCUT2D eigenvalue weighted by atomic mass is 9.98. The summed E-state index contributed by atoms with van der Waals surface area (Å²) in [5.41, 5.74) is 0.972. The van der Waals surface area contributed by atoms with Gasteiger partial charge < -0.3 is 4.98 Å². The van der Waals surface area contributed by atoms with Crippen molar-refractivity contribution in [2.45, 2.75) is 19.8 Å². The van der Waals surface area contributed by atoms with Gasteiger partial charge in [0.05, 0.1) is 12.0 Å². The number of nitrogens with zero attached hydrogens (tertiary/aromatic N) is 1. The lowest BCUT2D eigenvalue weighted by Crippen LogP contribution is -2.16. The summed E-state index contributed by atoms with van der Waals surface area (Å²) >= 11 is 0. The highest BCUT2D eigenvalue weighted by Crippen LogP contribution is 2.25. The Kier molecular flexibility index (Phi) is 3.23. The van der Waals surface area contributed by atoms with Crippen LogP contribution in [0.4, 0.5) is 8.78 Å². The van der Waals surface area contributed by atoms with Gasteiger partial charge in [0.15, 0.2) is 11.6 Å². The molecule has 0 aliphatic rings. The number of aromatic amines is 1. The molecule has 0 saturated carbocycles. The second-order valence-corrected chi connectivity index (χ2v) is 4.28. The SMILES string of the molecule is CC(C)c1c(-c2ccc(F)c(F)c2)nc[nH]c1=O. The monoisotopic (exact) mass is 250 g/mol. The van der Waals surface area contributed by atoms with Crippen LogP contribution in [0.25, 0.3) is 11.3 Å². The summed E-state index contributed by atoms with van der Waals surface area (Å²) in [6.45, 7) is 3.69. The summed E-state index contributed by atoms with van der Waals surface area (Å²) in [5.74, 6) is -1.94. The first-order valence-corrected chi connectivity index (χ1v) is 5.53. The van der Waals surface area contributed by atoms with Gasteiger partial charge in [0.25, 0.3) is 5.56 Å². The number of halogens is 2. The van der Waals surface area contributed by atoms with Crippen molar-refractivity contribution in [2.24, 2.45) is 0 Å². The first kappa shape index (κ1) is 12.4. The Balaban J connectivity index is 2.67. The molecule has 1 aromatic heterocycles. The molecule has 3 nitrogen and oxygen atoms in total. The minimum absolute atomic E-state index is 0.0643. The highest BCUT2D eigenvalue weighted by atomic mass is 19.2. The Bertz CT molecular complexity index is 635. The molecule has 0 radical (unpaired) electrons. The zero-order valence-electron chi connectivity index (χ0n) is 10.00. The first-order chi connectivity index (χ1) is 8.50. The van der Waals surface area contributed by atoms with Crippen molar-refractivity contribution in [1.82, 2.24) is 9.97 Å². The summed E-state index contributed by atoms with van der Waals surface area (Å²) in [6, 6.07) is 3.48. The van der Waals surface area contributed by atoms with Crippen LogP contribution >= 0.6 is 0 Å². The fourth-order valence-corrected chi connectivity index (χ4v) is 1.82. The molecule has 1 heterocycles. The molecule has 94 valence electrons. The van der Waals surface area contributed by atoms with Gasteiger partial charge >= 0.3 is 0 Å². The first-order valence-electron chi connectivity index (χ1n) is 5.53. The molecule has 0 spiro atoms. The van der Waals surface area contributed by atoms with Gasteiger partial charge in [-0.3, -0.25) is 4.79 Å². The maximum absolute atomic E-state index is 13.2. The smallest absolute Gasteiger partial charge is 0.254 e. The van der Waals surface area contributed by atoms with E-state index in [-0.39, 0.29) is 11.5 Å². The highest BCUT2D eigenvalue weighted by molar-refractivity contribution is 5.63. The third-order valence-corrected chi connectivity index (χ3v) is 2.66. The van der Waals surface area contributed by atoms with E-state index in [9.17, 15) is 13.6 Å². The largest absolute Gasteiger partial charge is 0.313 e. The van der Waals surface area contributed by atoms with E-state index in [1.54, 1.807) is 0 Å². The molecule has 2 rings (SSSR count). The Morgan fingerprint density at radius 2 is 1.94 bits per heavy atom. The fraction of sp³-hybridized carbons (Fsp3) is 0.231. The molecule has 1 N–H and O–H groups in total. The lowest BCUT2D eigenvalue weighted by Gasteiger charge is -2.10. The number of aromatic nitrogens is 2. The van der Waals surface area contributed by atoms with Gasteiger partial charge in [0.1, 0.15) is 0 Å². The van der Waals surface area contributed by atoms with E-state index in [4.69, 9.17) is 0 Å². The lowest BCUT2D eigenvalue weighted by molar-refractivity contribution is 0.509. The number of hydrogen-bond donors (Lipinski definition) is 1. The fourth-order valence-electron chi connectivity index (χ4n) is 1.82. The Labute approximate surface area is 103 Å². The summed E-state index contributed by atoms with van der Waals surface area (Å²) in [4.78, 5) is 18.3. The van der Waals surface area contributed by atoms with E-state index in [1.807, 2.05) is 13.8 Å². The molecule has 0 amide bonds. The minimum Gasteiger partial charge on any atom is -0.313 e. The molecule has 0 fully saturated rings. The molecule has 1 aromatic carbocycles. The highest BCUT2D eigenvalue weighted by Gasteiger charge is 2.15. The average molecular weight is 250 g/mol. The minimum atomic E-state index is -0.954. The third-order valence-electron chi connectivity index (χ3n) is 2.66. The Morgan fingerprint density at radius 1 is 1.22 bits per heavy atom. The van der Waals surface area contributed by atoms with Crippen molar-refractivity contribution < 1.29 is 8.78 Å². The average Bonchev–Trinajstić information content (AvgIpc) is 2.32. The number of hydrogen-bond acceptors (Lipinski definition) is 2. The molecule has 0 atom stereocenters. The molecule has 0 aliphatic heterocycles. The number of rotatable bonds is 2. The van der Waals surface area contributed by atoms with Crippen LogP contribution < -0.4 is 5.56 Å². The van der Waals surface area contributed by atoms with Gasteiger partial charge in [-0.05, 0) is 24.1 Å². The van der Waals surface area contributed by atoms with Crippen LogP contribution in [-0.2, 0) is 0 Å². The molecule has 0 unspecified atom stereocenters. The molecular formula is C13H12F2N2O. The van der Waals surface area contributed by atoms with Gasteiger partial charge in [-0.15, -0.1) is 0 Å². The number of benzene rings is 1. The van der Waals surface area contributed by atoms with Crippen LogP contribution in [0.3, 0.4) is 0 Å². The molecule has 0 bridgehead atoms. The van der Waals surface area contributed by atoms with Crippen LogP contribution in [0.2, 0.25) is 0 Å². The predicted molar refractivity (Wildman–Crippen MR) is 64.3 cm³/mol. The molecular weight excluding hydrogens is 238 g/mol. The Hall–Kier alpha value is -2.04. The van der Waals surface area contributed by atoms with Crippen LogP contribution in [0.1, 0.15) is 25.3 Å². The van der Waals surface area contributed by atoms with E-state index >= 15 is 0 Å². The third kappa shape index (κ3) is 2.16. The molecule has 0 saturated heterocycles. The van der Waals surface area contributed by atoms with Crippen molar-refractivity contribution in [3.05, 3.63) is 52.1 Å². The van der Waals surface area contributed by atoms with Gasteiger partial charge in [-0.1, -0.05) is 13.8 Å². The summed E-state index contributed by atoms with van der Waals surface area (Å²) in [5, 5.41) is 0. The quantitative estimate of drug-likeness (QED) is 0.890. The van der Waals surface area contributed by atoms with Crippen LogP contribution in [-0.4, -0.2) is 9.97 Å². The predicted octanol–water partition coefficient (Wildman–Crippen LogP) is 2.84. The van der Waals surface area contributed by atoms with Crippen LogP contribution in [0.5, 0.6) is 0 Å². The maximum Gasteiger partial charge on any atom is 0.254 e. The van der Waals surface area contributed by atoms with Crippen molar-refractivity contribution in [1.29, 1.82) is 0 Å². The molecule has 5 heteroatoms. The van der Waals surface area contributed by atoms with E-state index < -0.39 is 11.6 Å². The molecule has 2 aromatic rings.